The van der Waals surface area contributed by atoms with Gasteiger partial charge >= 0.3 is 6.03 Å². The fourth-order valence-corrected chi connectivity index (χ4v) is 1.37. The minimum atomic E-state index is -0.865. The van der Waals surface area contributed by atoms with Crippen LogP contribution >= 0.6 is 11.5 Å². The monoisotopic (exact) mass is 187 g/mol. The molecule has 0 radical (unpaired) electrons. The van der Waals surface area contributed by atoms with Crippen LogP contribution in [0.25, 0.3) is 0 Å². The third-order valence-corrected chi connectivity index (χ3v) is 2.38. The van der Waals surface area contributed by atoms with Crippen molar-refractivity contribution in [2.45, 2.75) is 13.0 Å². The zero-order valence-electron chi connectivity index (χ0n) is 6.47. The Balaban J connectivity index is 2.71. The summed E-state index contributed by atoms with van der Waals surface area (Å²) in [4.78, 5) is 11.3. The third-order valence-electron chi connectivity index (χ3n) is 1.46. The van der Waals surface area contributed by atoms with Crippen molar-refractivity contribution >= 4 is 17.6 Å². The molecule has 66 valence electrons. The Kier molecular flexibility index (Phi) is 2.61. The van der Waals surface area contributed by atoms with E-state index in [9.17, 15) is 4.79 Å². The van der Waals surface area contributed by atoms with Gasteiger partial charge in [0.2, 0.25) is 0 Å². The molecule has 0 spiro atoms. The van der Waals surface area contributed by atoms with Crippen molar-refractivity contribution in [1.82, 2.24) is 9.44 Å². The van der Waals surface area contributed by atoms with Crippen LogP contribution in [0, 0.1) is 0 Å². The highest BCUT2D eigenvalue weighted by Crippen LogP contribution is 2.20. The number of carbonyl (C=O) groups excluding carboxylic acids is 1. The van der Waals surface area contributed by atoms with Gasteiger partial charge in [0.05, 0.1) is 10.9 Å². The summed E-state index contributed by atoms with van der Waals surface area (Å²) in [5.41, 5.74) is 4.86. The molecule has 12 heavy (non-hydrogen) atoms. The molecular formula is C6H9N3O2S. The number of rotatable bonds is 2. The lowest BCUT2D eigenvalue weighted by molar-refractivity contribution is -0.0700. The number of urea groups is 1. The van der Waals surface area contributed by atoms with E-state index in [-0.39, 0.29) is 0 Å². The van der Waals surface area contributed by atoms with Crippen molar-refractivity contribution in [3.8, 4) is 0 Å². The number of nitrogens with zero attached hydrogens (tertiary/aromatic N) is 2. The quantitative estimate of drug-likeness (QED) is 0.535. The van der Waals surface area contributed by atoms with Crippen LogP contribution in [0.1, 0.15) is 17.8 Å². The number of nitrogens with two attached hydrogens (primary N) is 1. The van der Waals surface area contributed by atoms with Gasteiger partial charge in [-0.25, -0.2) is 9.17 Å². The molecule has 6 heteroatoms. The fourth-order valence-electron chi connectivity index (χ4n) is 0.753. The van der Waals surface area contributed by atoms with Crippen LogP contribution in [-0.2, 0) is 0 Å². The summed E-state index contributed by atoms with van der Waals surface area (Å²) in [6.45, 7) is 1.66. The number of amides is 2. The van der Waals surface area contributed by atoms with E-state index < -0.39 is 12.1 Å². The molecule has 0 aromatic carbocycles. The second-order valence-corrected chi connectivity index (χ2v) is 3.14. The molecule has 0 aliphatic carbocycles. The Morgan fingerprint density at radius 2 is 2.58 bits per heavy atom. The van der Waals surface area contributed by atoms with Crippen molar-refractivity contribution in [3.05, 3.63) is 17.1 Å². The first kappa shape index (κ1) is 8.95. The lowest BCUT2D eigenvalue weighted by Gasteiger charge is -2.18. The van der Waals surface area contributed by atoms with Crippen molar-refractivity contribution in [3.63, 3.8) is 0 Å². The van der Waals surface area contributed by atoms with Gasteiger partial charge < -0.3 is 5.73 Å². The van der Waals surface area contributed by atoms with E-state index in [1.807, 2.05) is 0 Å². The van der Waals surface area contributed by atoms with Gasteiger partial charge in [-0.05, 0) is 24.5 Å². The van der Waals surface area contributed by atoms with Gasteiger partial charge in [-0.2, -0.15) is 5.06 Å². The second-order valence-electron chi connectivity index (χ2n) is 2.27. The molecule has 1 unspecified atom stereocenters. The highest BCUT2D eigenvalue weighted by molar-refractivity contribution is 7.05. The minimum Gasteiger partial charge on any atom is -0.350 e. The van der Waals surface area contributed by atoms with Gasteiger partial charge in [-0.3, -0.25) is 5.21 Å². The first-order valence-corrected chi connectivity index (χ1v) is 4.08. The molecular weight excluding hydrogens is 178 g/mol. The molecule has 1 atom stereocenters. The van der Waals surface area contributed by atoms with E-state index in [1.54, 1.807) is 19.2 Å². The first-order chi connectivity index (χ1) is 5.63. The Hall–Kier alpha value is -1.14. The van der Waals surface area contributed by atoms with Gasteiger partial charge in [-0.1, -0.05) is 0 Å². The van der Waals surface area contributed by atoms with E-state index in [0.29, 0.717) is 5.06 Å². The Morgan fingerprint density at radius 1 is 1.92 bits per heavy atom. The zero-order chi connectivity index (χ0) is 9.14. The van der Waals surface area contributed by atoms with Gasteiger partial charge in [0, 0.05) is 6.20 Å². The molecule has 0 saturated heterocycles. The number of hydroxylamine groups is 2. The number of aromatic nitrogens is 1. The predicted octanol–water partition coefficient (Wildman–Crippen LogP) is 0.974. The standard InChI is InChI=1S/C6H9N3O2S/c1-4(9(11)6(7)10)5-2-3-8-12-5/h2-4,11H,1H3,(H2,7,10). The van der Waals surface area contributed by atoms with E-state index >= 15 is 0 Å². The number of primary amides is 1. The molecule has 1 aromatic rings. The molecule has 0 saturated carbocycles. The van der Waals surface area contributed by atoms with Gasteiger partial charge in [0.25, 0.3) is 0 Å². The molecule has 1 aromatic heterocycles. The Morgan fingerprint density at radius 3 is 3.00 bits per heavy atom. The van der Waals surface area contributed by atoms with Crippen LogP contribution in [0.15, 0.2) is 12.3 Å². The number of hydrogen-bond acceptors (Lipinski definition) is 4. The van der Waals surface area contributed by atoms with Crippen molar-refractivity contribution < 1.29 is 10.0 Å². The molecule has 2 amide bonds. The van der Waals surface area contributed by atoms with E-state index in [1.165, 1.54) is 11.5 Å². The summed E-state index contributed by atoms with van der Waals surface area (Å²) in [6, 6.07) is 0.424. The summed E-state index contributed by atoms with van der Waals surface area (Å²) in [6.07, 6.45) is 1.60. The van der Waals surface area contributed by atoms with E-state index in [4.69, 9.17) is 10.9 Å². The summed E-state index contributed by atoms with van der Waals surface area (Å²) in [5, 5.41) is 9.58. The van der Waals surface area contributed by atoms with Crippen LogP contribution in [0.3, 0.4) is 0 Å². The maximum atomic E-state index is 10.5. The van der Waals surface area contributed by atoms with E-state index in [2.05, 4.69) is 4.37 Å². The van der Waals surface area contributed by atoms with E-state index in [0.717, 1.165) is 4.88 Å². The average molecular weight is 187 g/mol. The van der Waals surface area contributed by atoms with Crippen molar-refractivity contribution in [2.24, 2.45) is 5.73 Å². The van der Waals surface area contributed by atoms with Crippen LogP contribution in [-0.4, -0.2) is 20.7 Å². The van der Waals surface area contributed by atoms with Crippen LogP contribution in [0.4, 0.5) is 4.79 Å². The van der Waals surface area contributed by atoms with Gasteiger partial charge in [-0.15, -0.1) is 0 Å². The third kappa shape index (κ3) is 1.72. The lowest BCUT2D eigenvalue weighted by atomic mass is 10.3. The second kappa shape index (κ2) is 3.51. The highest BCUT2D eigenvalue weighted by Gasteiger charge is 2.17. The summed E-state index contributed by atoms with van der Waals surface area (Å²) in [7, 11) is 0. The SMILES string of the molecule is CC(c1ccns1)N(O)C(N)=O. The highest BCUT2D eigenvalue weighted by atomic mass is 32.1. The van der Waals surface area contributed by atoms with Gasteiger partial charge in [0.15, 0.2) is 0 Å². The Labute approximate surface area is 73.5 Å². The molecule has 0 fully saturated rings. The summed E-state index contributed by atoms with van der Waals surface area (Å²) < 4.78 is 3.84. The van der Waals surface area contributed by atoms with Gasteiger partial charge in [0.1, 0.15) is 0 Å². The van der Waals surface area contributed by atoms with Crippen molar-refractivity contribution in [1.29, 1.82) is 0 Å². The molecule has 1 rings (SSSR count). The first-order valence-electron chi connectivity index (χ1n) is 3.31. The smallest absolute Gasteiger partial charge is 0.339 e. The predicted molar refractivity (Wildman–Crippen MR) is 43.7 cm³/mol. The normalized spacial score (nSPS) is 12.5. The molecule has 1 heterocycles. The van der Waals surface area contributed by atoms with Crippen LogP contribution in [0.2, 0.25) is 0 Å². The maximum Gasteiger partial charge on any atom is 0.339 e. The fraction of sp³-hybridized carbons (Fsp3) is 0.333. The minimum absolute atomic E-state index is 0.435. The maximum absolute atomic E-state index is 10.5. The zero-order valence-corrected chi connectivity index (χ0v) is 7.28. The largest absolute Gasteiger partial charge is 0.350 e. The molecule has 0 bridgehead atoms. The summed E-state index contributed by atoms with van der Waals surface area (Å²) >= 11 is 1.22. The number of carbonyl (C=O) groups is 1. The van der Waals surface area contributed by atoms with Crippen LogP contribution in [0.5, 0.6) is 0 Å². The summed E-state index contributed by atoms with van der Waals surface area (Å²) in [5.74, 6) is 0. The Bertz CT molecular complexity index is 262. The number of hydrogen-bond donors (Lipinski definition) is 2. The van der Waals surface area contributed by atoms with Crippen LogP contribution < -0.4 is 5.73 Å². The average Bonchev–Trinajstić information content (AvgIpc) is 2.53. The molecule has 0 aliphatic rings. The molecule has 5 nitrogen and oxygen atoms in total. The lowest BCUT2D eigenvalue weighted by Crippen LogP contribution is -2.34. The molecule has 0 aliphatic heterocycles. The topological polar surface area (TPSA) is 79.4 Å². The van der Waals surface area contributed by atoms with Crippen molar-refractivity contribution in [2.75, 3.05) is 0 Å². The molecule has 3 N–H and O–H groups in total.